The number of amides is 1. The molecule has 0 spiro atoms. The number of halogens is 1. The molecule has 2 atom stereocenters. The molecule has 0 saturated carbocycles. The third-order valence-corrected chi connectivity index (χ3v) is 2.99. The first-order chi connectivity index (χ1) is 7.91. The third kappa shape index (κ3) is 4.02. The van der Waals surface area contributed by atoms with Gasteiger partial charge in [0, 0.05) is 11.1 Å². The number of carbonyl (C=O) groups is 1. The zero-order valence-electron chi connectivity index (χ0n) is 10.4. The van der Waals surface area contributed by atoms with Crippen molar-refractivity contribution >= 4 is 17.5 Å². The van der Waals surface area contributed by atoms with Gasteiger partial charge in [0.1, 0.15) is 0 Å². The molecule has 0 fully saturated rings. The van der Waals surface area contributed by atoms with Crippen molar-refractivity contribution in [1.82, 2.24) is 5.32 Å². The molecule has 0 radical (unpaired) electrons. The van der Waals surface area contributed by atoms with Crippen LogP contribution in [0.15, 0.2) is 24.3 Å². The van der Waals surface area contributed by atoms with Gasteiger partial charge in [0.15, 0.2) is 0 Å². The predicted octanol–water partition coefficient (Wildman–Crippen LogP) is 2.50. The first-order valence-corrected chi connectivity index (χ1v) is 6.10. The maximum Gasteiger partial charge on any atom is 0.234 e. The summed E-state index contributed by atoms with van der Waals surface area (Å²) in [5, 5.41) is 3.92. The first kappa shape index (κ1) is 14.0. The monoisotopic (exact) mass is 254 g/mol. The number of rotatable bonds is 5. The Bertz CT molecular complexity index is 393. The molecule has 0 aliphatic rings. The number of hydrogen-bond acceptors (Lipinski definition) is 2. The second-order valence-corrected chi connectivity index (χ2v) is 5.00. The van der Waals surface area contributed by atoms with E-state index in [2.05, 4.69) is 5.32 Å². The van der Waals surface area contributed by atoms with E-state index in [-0.39, 0.29) is 23.9 Å². The minimum atomic E-state index is -0.330. The van der Waals surface area contributed by atoms with Crippen molar-refractivity contribution in [2.24, 2.45) is 11.7 Å². The molecule has 0 aliphatic heterocycles. The van der Waals surface area contributed by atoms with Crippen LogP contribution in [0.2, 0.25) is 5.02 Å². The van der Waals surface area contributed by atoms with Crippen LogP contribution in [-0.4, -0.2) is 11.9 Å². The Morgan fingerprint density at radius 1 is 1.35 bits per heavy atom. The summed E-state index contributed by atoms with van der Waals surface area (Å²) >= 11 is 5.93. The summed E-state index contributed by atoms with van der Waals surface area (Å²) in [5.74, 6) is -0.164. The van der Waals surface area contributed by atoms with E-state index < -0.39 is 0 Å². The van der Waals surface area contributed by atoms with Crippen LogP contribution in [0.5, 0.6) is 0 Å². The Morgan fingerprint density at radius 2 is 2.00 bits per heavy atom. The van der Waals surface area contributed by atoms with Crippen LogP contribution in [0.4, 0.5) is 0 Å². The van der Waals surface area contributed by atoms with E-state index in [4.69, 9.17) is 17.3 Å². The molecule has 1 rings (SSSR count). The van der Waals surface area contributed by atoms with Gasteiger partial charge in [-0.2, -0.15) is 0 Å². The van der Waals surface area contributed by atoms with Gasteiger partial charge in [-0.25, -0.2) is 0 Å². The van der Waals surface area contributed by atoms with Gasteiger partial charge in [0.2, 0.25) is 5.91 Å². The second-order valence-electron chi connectivity index (χ2n) is 4.57. The molecular formula is C13H19ClN2O. The highest BCUT2D eigenvalue weighted by Gasteiger charge is 2.21. The molecule has 1 amide bonds. The molecule has 0 aromatic heterocycles. The molecule has 1 aromatic rings. The lowest BCUT2D eigenvalue weighted by atomic mass is 10.0. The fraction of sp³-hybridized carbons (Fsp3) is 0.462. The summed E-state index contributed by atoms with van der Waals surface area (Å²) in [6.45, 7) is 5.92. The van der Waals surface area contributed by atoms with E-state index >= 15 is 0 Å². The van der Waals surface area contributed by atoms with Gasteiger partial charge >= 0.3 is 0 Å². The average Bonchev–Trinajstić information content (AvgIpc) is 2.24. The SMILES string of the molecule is CC(NC(C(N)=O)C(C)C)c1cccc(Cl)c1. The standard InChI is InChI=1S/C13H19ClN2O/c1-8(2)12(13(15)17)16-9(3)10-5-4-6-11(14)7-10/h4-9,12,16H,1-3H3,(H2,15,17). The highest BCUT2D eigenvalue weighted by atomic mass is 35.5. The summed E-state index contributed by atoms with van der Waals surface area (Å²) in [5.41, 5.74) is 6.41. The smallest absolute Gasteiger partial charge is 0.234 e. The van der Waals surface area contributed by atoms with Crippen LogP contribution in [-0.2, 0) is 4.79 Å². The maximum atomic E-state index is 11.3. The quantitative estimate of drug-likeness (QED) is 0.848. The van der Waals surface area contributed by atoms with Gasteiger partial charge in [-0.1, -0.05) is 37.6 Å². The van der Waals surface area contributed by atoms with Crippen molar-refractivity contribution in [2.75, 3.05) is 0 Å². The number of nitrogens with two attached hydrogens (primary N) is 1. The normalized spacial score (nSPS) is 14.6. The minimum absolute atomic E-state index is 0.0357. The fourth-order valence-electron chi connectivity index (χ4n) is 1.74. The van der Waals surface area contributed by atoms with Gasteiger partial charge in [-0.15, -0.1) is 0 Å². The van der Waals surface area contributed by atoms with Crippen LogP contribution in [0.1, 0.15) is 32.4 Å². The molecule has 3 nitrogen and oxygen atoms in total. The first-order valence-electron chi connectivity index (χ1n) is 5.72. The summed E-state index contributed by atoms with van der Waals surface area (Å²) in [7, 11) is 0. The Balaban J connectivity index is 2.77. The van der Waals surface area contributed by atoms with E-state index in [0.717, 1.165) is 5.56 Å². The molecule has 1 aromatic carbocycles. The van der Waals surface area contributed by atoms with Gasteiger partial charge < -0.3 is 5.73 Å². The van der Waals surface area contributed by atoms with Crippen molar-refractivity contribution in [2.45, 2.75) is 32.9 Å². The number of nitrogens with one attached hydrogen (secondary N) is 1. The van der Waals surface area contributed by atoms with Crippen LogP contribution in [0, 0.1) is 5.92 Å². The van der Waals surface area contributed by atoms with E-state index in [1.807, 2.05) is 45.0 Å². The van der Waals surface area contributed by atoms with Crippen molar-refractivity contribution in [1.29, 1.82) is 0 Å². The van der Waals surface area contributed by atoms with Crippen LogP contribution in [0.25, 0.3) is 0 Å². The Morgan fingerprint density at radius 3 is 2.47 bits per heavy atom. The van der Waals surface area contributed by atoms with Gasteiger partial charge in [0.25, 0.3) is 0 Å². The van der Waals surface area contributed by atoms with Crippen molar-refractivity contribution in [3.63, 3.8) is 0 Å². The van der Waals surface area contributed by atoms with Crippen LogP contribution in [0.3, 0.4) is 0 Å². The summed E-state index contributed by atoms with van der Waals surface area (Å²) in [6, 6.07) is 7.29. The molecule has 0 aliphatic carbocycles. The number of benzene rings is 1. The number of hydrogen-bond donors (Lipinski definition) is 2. The van der Waals surface area contributed by atoms with E-state index in [9.17, 15) is 4.79 Å². The molecule has 0 saturated heterocycles. The molecule has 3 N–H and O–H groups in total. The van der Waals surface area contributed by atoms with Crippen LogP contribution < -0.4 is 11.1 Å². The largest absolute Gasteiger partial charge is 0.368 e. The van der Waals surface area contributed by atoms with Gasteiger partial charge in [-0.3, -0.25) is 10.1 Å². The van der Waals surface area contributed by atoms with E-state index in [1.54, 1.807) is 0 Å². The van der Waals surface area contributed by atoms with E-state index in [0.29, 0.717) is 5.02 Å². The zero-order chi connectivity index (χ0) is 13.0. The highest BCUT2D eigenvalue weighted by molar-refractivity contribution is 6.30. The fourth-order valence-corrected chi connectivity index (χ4v) is 1.94. The van der Waals surface area contributed by atoms with Gasteiger partial charge in [-0.05, 0) is 30.5 Å². The summed E-state index contributed by atoms with van der Waals surface area (Å²) in [4.78, 5) is 11.3. The molecular weight excluding hydrogens is 236 g/mol. The molecule has 17 heavy (non-hydrogen) atoms. The lowest BCUT2D eigenvalue weighted by Crippen LogP contribution is -2.45. The summed E-state index contributed by atoms with van der Waals surface area (Å²) < 4.78 is 0. The molecule has 94 valence electrons. The molecule has 0 heterocycles. The minimum Gasteiger partial charge on any atom is -0.368 e. The van der Waals surface area contributed by atoms with Crippen molar-refractivity contribution < 1.29 is 4.79 Å². The zero-order valence-corrected chi connectivity index (χ0v) is 11.2. The summed E-state index contributed by atoms with van der Waals surface area (Å²) in [6.07, 6.45) is 0. The highest BCUT2D eigenvalue weighted by Crippen LogP contribution is 2.18. The van der Waals surface area contributed by atoms with Crippen LogP contribution >= 0.6 is 11.6 Å². The topological polar surface area (TPSA) is 55.1 Å². The van der Waals surface area contributed by atoms with E-state index in [1.165, 1.54) is 0 Å². The lowest BCUT2D eigenvalue weighted by Gasteiger charge is -2.24. The Kier molecular flexibility index (Phi) is 4.97. The van der Waals surface area contributed by atoms with Crippen molar-refractivity contribution in [3.05, 3.63) is 34.9 Å². The van der Waals surface area contributed by atoms with Crippen molar-refractivity contribution in [3.8, 4) is 0 Å². The average molecular weight is 255 g/mol. The third-order valence-electron chi connectivity index (χ3n) is 2.75. The lowest BCUT2D eigenvalue weighted by molar-refractivity contribution is -0.121. The number of primary amides is 1. The molecule has 4 heteroatoms. The molecule has 0 bridgehead atoms. The Hall–Kier alpha value is -1.06. The predicted molar refractivity (Wildman–Crippen MR) is 70.8 cm³/mol. The van der Waals surface area contributed by atoms with Gasteiger partial charge in [0.05, 0.1) is 6.04 Å². The second kappa shape index (κ2) is 6.03. The maximum absolute atomic E-state index is 11.3. The Labute approximate surface area is 107 Å². The molecule has 2 unspecified atom stereocenters. The number of carbonyl (C=O) groups excluding carboxylic acids is 1.